The average molecular weight is 291 g/mol. The van der Waals surface area contributed by atoms with Crippen molar-refractivity contribution in [2.45, 2.75) is 25.8 Å². The second-order valence-corrected chi connectivity index (χ2v) is 5.63. The van der Waals surface area contributed by atoms with Gasteiger partial charge in [0.1, 0.15) is 0 Å². The van der Waals surface area contributed by atoms with Crippen LogP contribution in [0.4, 0.5) is 0 Å². The quantitative estimate of drug-likeness (QED) is 0.499. The summed E-state index contributed by atoms with van der Waals surface area (Å²) in [6, 6.07) is 1.52. The second-order valence-electron chi connectivity index (χ2n) is 5.63. The standard InChI is InChI=1S/C15H21N3O3/c1-10-13(8-12(9-19)18(10)3)14(20)15(21)16-11-4-6-17(2)7-5-11/h8-9,11H,4-7H2,1-3H3,(H,16,21). The number of carbonyl (C=O) groups excluding carboxylic acids is 3. The van der Waals surface area contributed by atoms with E-state index in [0.717, 1.165) is 25.9 Å². The van der Waals surface area contributed by atoms with Crippen LogP contribution in [0.5, 0.6) is 0 Å². The van der Waals surface area contributed by atoms with E-state index in [4.69, 9.17) is 0 Å². The number of carbonyl (C=O) groups is 3. The van der Waals surface area contributed by atoms with Gasteiger partial charge in [-0.1, -0.05) is 0 Å². The minimum Gasteiger partial charge on any atom is -0.346 e. The molecular formula is C15H21N3O3. The average Bonchev–Trinajstić information content (AvgIpc) is 2.76. The number of nitrogens with zero attached hydrogens (tertiary/aromatic N) is 2. The molecule has 1 aromatic rings. The van der Waals surface area contributed by atoms with E-state index in [1.54, 1.807) is 18.5 Å². The lowest BCUT2D eigenvalue weighted by atomic mass is 10.0. The first kappa shape index (κ1) is 15.4. The summed E-state index contributed by atoms with van der Waals surface area (Å²) < 4.78 is 1.61. The zero-order valence-corrected chi connectivity index (χ0v) is 12.7. The molecule has 21 heavy (non-hydrogen) atoms. The predicted octanol–water partition coefficient (Wildman–Crippen LogP) is 0.539. The molecule has 6 heteroatoms. The Balaban J connectivity index is 2.06. The molecule has 2 heterocycles. The van der Waals surface area contributed by atoms with Gasteiger partial charge in [0.05, 0.1) is 5.69 Å². The zero-order valence-electron chi connectivity index (χ0n) is 12.7. The minimum atomic E-state index is -0.587. The molecule has 0 bridgehead atoms. The van der Waals surface area contributed by atoms with Crippen LogP contribution in [0.2, 0.25) is 0 Å². The van der Waals surface area contributed by atoms with Crippen LogP contribution in [0, 0.1) is 6.92 Å². The number of aromatic nitrogens is 1. The van der Waals surface area contributed by atoms with Crippen LogP contribution in [-0.2, 0) is 11.8 Å². The smallest absolute Gasteiger partial charge is 0.292 e. The van der Waals surface area contributed by atoms with Gasteiger partial charge in [-0.3, -0.25) is 14.4 Å². The van der Waals surface area contributed by atoms with Crippen LogP contribution in [0.1, 0.15) is 39.4 Å². The monoisotopic (exact) mass is 291 g/mol. The molecule has 0 saturated carbocycles. The molecule has 0 spiro atoms. The molecule has 1 amide bonds. The first-order valence-electron chi connectivity index (χ1n) is 7.09. The van der Waals surface area contributed by atoms with E-state index in [-0.39, 0.29) is 6.04 Å². The third kappa shape index (κ3) is 3.21. The summed E-state index contributed by atoms with van der Waals surface area (Å²) in [5.74, 6) is -1.16. The van der Waals surface area contributed by atoms with Crippen molar-refractivity contribution in [2.75, 3.05) is 20.1 Å². The van der Waals surface area contributed by atoms with Crippen molar-refractivity contribution in [2.24, 2.45) is 7.05 Å². The Bertz CT molecular complexity index is 569. The number of rotatable bonds is 4. The van der Waals surface area contributed by atoms with Crippen molar-refractivity contribution in [3.05, 3.63) is 23.0 Å². The Labute approximate surface area is 124 Å². The van der Waals surface area contributed by atoms with Gasteiger partial charge in [0.2, 0.25) is 0 Å². The molecular weight excluding hydrogens is 270 g/mol. The molecule has 1 aliphatic rings. The summed E-state index contributed by atoms with van der Waals surface area (Å²) in [5, 5.41) is 2.80. The van der Waals surface area contributed by atoms with E-state index in [2.05, 4.69) is 10.2 Å². The van der Waals surface area contributed by atoms with Crippen molar-refractivity contribution in [3.8, 4) is 0 Å². The molecule has 0 radical (unpaired) electrons. The first-order chi connectivity index (χ1) is 9.93. The van der Waals surface area contributed by atoms with Crippen molar-refractivity contribution in [3.63, 3.8) is 0 Å². The summed E-state index contributed by atoms with van der Waals surface area (Å²) in [7, 11) is 3.74. The third-order valence-electron chi connectivity index (χ3n) is 4.20. The fraction of sp³-hybridized carbons (Fsp3) is 0.533. The number of aldehydes is 1. The molecule has 1 aliphatic heterocycles. The Hall–Kier alpha value is -1.95. The van der Waals surface area contributed by atoms with Gasteiger partial charge < -0.3 is 14.8 Å². The van der Waals surface area contributed by atoms with E-state index < -0.39 is 11.7 Å². The van der Waals surface area contributed by atoms with Crippen LogP contribution in [0.3, 0.4) is 0 Å². The van der Waals surface area contributed by atoms with E-state index in [9.17, 15) is 14.4 Å². The highest BCUT2D eigenvalue weighted by Gasteiger charge is 2.25. The lowest BCUT2D eigenvalue weighted by molar-refractivity contribution is -0.117. The highest BCUT2D eigenvalue weighted by Crippen LogP contribution is 2.14. The number of ketones is 1. The predicted molar refractivity (Wildman–Crippen MR) is 78.5 cm³/mol. The number of hydrogen-bond donors (Lipinski definition) is 1. The van der Waals surface area contributed by atoms with E-state index in [1.165, 1.54) is 6.07 Å². The SMILES string of the molecule is Cc1c(C(=O)C(=O)NC2CCN(C)CC2)cc(C=O)n1C. The highest BCUT2D eigenvalue weighted by molar-refractivity contribution is 6.43. The van der Waals surface area contributed by atoms with Crippen molar-refractivity contribution in [1.82, 2.24) is 14.8 Å². The summed E-state index contributed by atoms with van der Waals surface area (Å²) in [6.45, 7) is 3.56. The van der Waals surface area contributed by atoms with E-state index in [0.29, 0.717) is 23.2 Å². The second kappa shape index (κ2) is 6.22. The van der Waals surface area contributed by atoms with Crippen LogP contribution < -0.4 is 5.32 Å². The number of amides is 1. The maximum absolute atomic E-state index is 12.2. The Morgan fingerprint density at radius 1 is 1.29 bits per heavy atom. The largest absolute Gasteiger partial charge is 0.346 e. The fourth-order valence-corrected chi connectivity index (χ4v) is 2.59. The van der Waals surface area contributed by atoms with Crippen LogP contribution in [-0.4, -0.2) is 53.6 Å². The van der Waals surface area contributed by atoms with Gasteiger partial charge in [-0.2, -0.15) is 0 Å². The van der Waals surface area contributed by atoms with Gasteiger partial charge in [0.15, 0.2) is 6.29 Å². The maximum atomic E-state index is 12.2. The van der Waals surface area contributed by atoms with Crippen molar-refractivity contribution >= 4 is 18.0 Å². The fourth-order valence-electron chi connectivity index (χ4n) is 2.59. The molecule has 0 aromatic carbocycles. The minimum absolute atomic E-state index is 0.0483. The Morgan fingerprint density at radius 2 is 1.90 bits per heavy atom. The molecule has 1 saturated heterocycles. The number of likely N-dealkylation sites (tertiary alicyclic amines) is 1. The van der Waals surface area contributed by atoms with Gasteiger partial charge in [-0.15, -0.1) is 0 Å². The molecule has 0 unspecified atom stereocenters. The van der Waals surface area contributed by atoms with Gasteiger partial charge >= 0.3 is 0 Å². The summed E-state index contributed by atoms with van der Waals surface area (Å²) >= 11 is 0. The molecule has 0 atom stereocenters. The highest BCUT2D eigenvalue weighted by atomic mass is 16.2. The number of Topliss-reactive ketones (excluding diaryl/α,β-unsaturated/α-hetero) is 1. The molecule has 114 valence electrons. The van der Waals surface area contributed by atoms with Crippen LogP contribution >= 0.6 is 0 Å². The van der Waals surface area contributed by atoms with Gasteiger partial charge in [0.25, 0.3) is 11.7 Å². The first-order valence-corrected chi connectivity index (χ1v) is 7.09. The zero-order chi connectivity index (χ0) is 15.6. The van der Waals surface area contributed by atoms with Crippen molar-refractivity contribution in [1.29, 1.82) is 0 Å². The maximum Gasteiger partial charge on any atom is 0.292 e. The van der Waals surface area contributed by atoms with Crippen molar-refractivity contribution < 1.29 is 14.4 Å². The Morgan fingerprint density at radius 3 is 2.43 bits per heavy atom. The van der Waals surface area contributed by atoms with Gasteiger partial charge in [-0.05, 0) is 46.0 Å². The molecule has 2 rings (SSSR count). The van der Waals surface area contributed by atoms with Crippen LogP contribution in [0.15, 0.2) is 6.07 Å². The summed E-state index contributed by atoms with van der Waals surface area (Å²) in [5.41, 5.74) is 1.31. The van der Waals surface area contributed by atoms with E-state index in [1.807, 2.05) is 7.05 Å². The molecule has 0 aliphatic carbocycles. The molecule has 1 fully saturated rings. The topological polar surface area (TPSA) is 71.4 Å². The van der Waals surface area contributed by atoms with Crippen LogP contribution in [0.25, 0.3) is 0 Å². The van der Waals surface area contributed by atoms with E-state index >= 15 is 0 Å². The molecule has 1 N–H and O–H groups in total. The lowest BCUT2D eigenvalue weighted by Crippen LogP contribution is -2.45. The molecule has 1 aromatic heterocycles. The van der Waals surface area contributed by atoms with Gasteiger partial charge in [0, 0.05) is 24.3 Å². The third-order valence-corrected chi connectivity index (χ3v) is 4.20. The number of hydrogen-bond acceptors (Lipinski definition) is 4. The Kier molecular flexibility index (Phi) is 4.57. The summed E-state index contributed by atoms with van der Waals surface area (Å²) in [6.07, 6.45) is 2.38. The molecule has 6 nitrogen and oxygen atoms in total. The van der Waals surface area contributed by atoms with Gasteiger partial charge in [-0.25, -0.2) is 0 Å². The summed E-state index contributed by atoms with van der Waals surface area (Å²) in [4.78, 5) is 37.4. The normalized spacial score (nSPS) is 16.7. The number of nitrogens with one attached hydrogen (secondary N) is 1. The lowest BCUT2D eigenvalue weighted by Gasteiger charge is -2.29. The number of piperidine rings is 1.